The van der Waals surface area contributed by atoms with Crippen LogP contribution in [0.3, 0.4) is 0 Å². The van der Waals surface area contributed by atoms with Gasteiger partial charge in [-0.05, 0) is 24.6 Å². The molecule has 0 atom stereocenters. The number of hydrogen-bond acceptors (Lipinski definition) is 5. The summed E-state index contributed by atoms with van der Waals surface area (Å²) in [5.74, 6) is -0.118. The van der Waals surface area contributed by atoms with Crippen LogP contribution in [0.15, 0.2) is 36.4 Å². The van der Waals surface area contributed by atoms with E-state index in [0.29, 0.717) is 18.0 Å². The number of amides is 1. The molecule has 0 N–H and O–H groups in total. The minimum absolute atomic E-state index is 0.00639. The van der Waals surface area contributed by atoms with Crippen molar-refractivity contribution in [3.05, 3.63) is 57.0 Å². The van der Waals surface area contributed by atoms with E-state index in [9.17, 15) is 14.9 Å². The van der Waals surface area contributed by atoms with Gasteiger partial charge in [0.2, 0.25) is 0 Å². The highest BCUT2D eigenvalue weighted by molar-refractivity contribution is 7.17. The van der Waals surface area contributed by atoms with Crippen molar-refractivity contribution in [3.8, 4) is 0 Å². The molecule has 120 valence electrons. The van der Waals surface area contributed by atoms with Crippen LogP contribution in [0.25, 0.3) is 0 Å². The minimum Gasteiger partial charge on any atom is -0.368 e. The van der Waals surface area contributed by atoms with Gasteiger partial charge in [0, 0.05) is 37.9 Å². The lowest BCUT2D eigenvalue weighted by molar-refractivity contribution is -0.380. The summed E-state index contributed by atoms with van der Waals surface area (Å²) in [4.78, 5) is 27.2. The molecule has 1 amide bonds. The Balaban J connectivity index is 1.65. The van der Waals surface area contributed by atoms with Gasteiger partial charge in [0.25, 0.3) is 5.91 Å². The van der Waals surface area contributed by atoms with E-state index in [1.807, 2.05) is 12.1 Å². The van der Waals surface area contributed by atoms with Gasteiger partial charge in [-0.2, -0.15) is 0 Å². The van der Waals surface area contributed by atoms with Crippen LogP contribution in [0.4, 0.5) is 10.7 Å². The fraction of sp³-hybridized carbons (Fsp3) is 0.312. The SMILES string of the molecule is Cc1ccccc1N1CCN(C(=O)c2ccc([N+](=O)[O-])s2)CC1. The third-order valence-electron chi connectivity index (χ3n) is 4.01. The van der Waals surface area contributed by atoms with Crippen molar-refractivity contribution < 1.29 is 9.72 Å². The molecule has 1 aliphatic rings. The number of thiophene rings is 1. The van der Waals surface area contributed by atoms with Crippen molar-refractivity contribution in [3.63, 3.8) is 0 Å². The second kappa shape index (κ2) is 6.37. The second-order valence-corrected chi connectivity index (χ2v) is 6.52. The fourth-order valence-corrected chi connectivity index (χ4v) is 3.55. The van der Waals surface area contributed by atoms with Gasteiger partial charge in [0.05, 0.1) is 9.80 Å². The summed E-state index contributed by atoms with van der Waals surface area (Å²) < 4.78 is 0. The maximum absolute atomic E-state index is 12.4. The molecule has 1 fully saturated rings. The van der Waals surface area contributed by atoms with E-state index in [-0.39, 0.29) is 10.9 Å². The predicted molar refractivity (Wildman–Crippen MR) is 90.3 cm³/mol. The molecular formula is C16H17N3O3S. The Labute approximate surface area is 138 Å². The van der Waals surface area contributed by atoms with Gasteiger partial charge in [-0.15, -0.1) is 0 Å². The van der Waals surface area contributed by atoms with Gasteiger partial charge >= 0.3 is 5.00 Å². The number of para-hydroxylation sites is 1. The maximum Gasteiger partial charge on any atom is 0.324 e. The first-order valence-electron chi connectivity index (χ1n) is 7.40. The number of aryl methyl sites for hydroxylation is 1. The van der Waals surface area contributed by atoms with Gasteiger partial charge in [-0.3, -0.25) is 14.9 Å². The number of carbonyl (C=O) groups excluding carboxylic acids is 1. The zero-order valence-corrected chi connectivity index (χ0v) is 13.6. The molecule has 3 rings (SSSR count). The molecule has 7 heteroatoms. The van der Waals surface area contributed by atoms with Gasteiger partial charge in [-0.1, -0.05) is 29.5 Å². The lowest BCUT2D eigenvalue weighted by atomic mass is 10.1. The zero-order chi connectivity index (χ0) is 16.4. The molecule has 2 heterocycles. The largest absolute Gasteiger partial charge is 0.368 e. The zero-order valence-electron chi connectivity index (χ0n) is 12.8. The Morgan fingerprint density at radius 2 is 1.83 bits per heavy atom. The molecular weight excluding hydrogens is 314 g/mol. The summed E-state index contributed by atoms with van der Waals surface area (Å²) in [5.41, 5.74) is 2.42. The number of nitro groups is 1. The quantitative estimate of drug-likeness (QED) is 0.641. The number of carbonyl (C=O) groups is 1. The van der Waals surface area contributed by atoms with Crippen LogP contribution in [0, 0.1) is 17.0 Å². The van der Waals surface area contributed by atoms with Crippen LogP contribution in [0.2, 0.25) is 0 Å². The number of benzene rings is 1. The maximum atomic E-state index is 12.4. The molecule has 0 spiro atoms. The Hall–Kier alpha value is -2.41. The van der Waals surface area contributed by atoms with E-state index >= 15 is 0 Å². The average Bonchev–Trinajstić information content (AvgIpc) is 3.05. The van der Waals surface area contributed by atoms with Crippen LogP contribution < -0.4 is 4.90 Å². The van der Waals surface area contributed by atoms with Gasteiger partial charge in [-0.25, -0.2) is 0 Å². The highest BCUT2D eigenvalue weighted by Gasteiger charge is 2.25. The summed E-state index contributed by atoms with van der Waals surface area (Å²) in [5, 5.41) is 10.7. The topological polar surface area (TPSA) is 66.7 Å². The first-order chi connectivity index (χ1) is 11.1. The molecule has 0 saturated carbocycles. The summed E-state index contributed by atoms with van der Waals surface area (Å²) in [6.45, 7) is 4.86. The average molecular weight is 331 g/mol. The molecule has 2 aromatic rings. The number of piperazine rings is 1. The molecule has 0 unspecified atom stereocenters. The third kappa shape index (κ3) is 3.19. The Bertz CT molecular complexity index is 736. The molecule has 0 radical (unpaired) electrons. The molecule has 6 nitrogen and oxygen atoms in total. The molecule has 0 bridgehead atoms. The summed E-state index contributed by atoms with van der Waals surface area (Å²) in [6, 6.07) is 11.1. The molecule has 1 aliphatic heterocycles. The van der Waals surface area contributed by atoms with Crippen molar-refractivity contribution in [2.45, 2.75) is 6.92 Å². The Morgan fingerprint density at radius 1 is 1.13 bits per heavy atom. The predicted octanol–water partition coefficient (Wildman–Crippen LogP) is 2.93. The van der Waals surface area contributed by atoms with Crippen molar-refractivity contribution in [2.24, 2.45) is 0 Å². The van der Waals surface area contributed by atoms with Crippen LogP contribution in [-0.2, 0) is 0 Å². The van der Waals surface area contributed by atoms with E-state index in [1.54, 1.807) is 11.0 Å². The molecule has 23 heavy (non-hydrogen) atoms. The van der Waals surface area contributed by atoms with Gasteiger partial charge in [0.15, 0.2) is 0 Å². The van der Waals surface area contributed by atoms with Gasteiger partial charge in [0.1, 0.15) is 0 Å². The lowest BCUT2D eigenvalue weighted by Crippen LogP contribution is -2.48. The second-order valence-electron chi connectivity index (χ2n) is 5.46. The summed E-state index contributed by atoms with van der Waals surface area (Å²) in [6.07, 6.45) is 0. The number of nitrogens with zero attached hydrogens (tertiary/aromatic N) is 3. The highest BCUT2D eigenvalue weighted by Crippen LogP contribution is 2.26. The minimum atomic E-state index is -0.461. The molecule has 0 aliphatic carbocycles. The van der Waals surface area contributed by atoms with Crippen molar-refractivity contribution in [2.75, 3.05) is 31.1 Å². The van der Waals surface area contributed by atoms with E-state index in [2.05, 4.69) is 24.0 Å². The van der Waals surface area contributed by atoms with E-state index in [0.717, 1.165) is 24.4 Å². The molecule has 1 aromatic carbocycles. The lowest BCUT2D eigenvalue weighted by Gasteiger charge is -2.36. The van der Waals surface area contributed by atoms with Crippen molar-refractivity contribution in [1.29, 1.82) is 0 Å². The van der Waals surface area contributed by atoms with Crippen LogP contribution in [0.5, 0.6) is 0 Å². The van der Waals surface area contributed by atoms with E-state index in [1.165, 1.54) is 17.3 Å². The van der Waals surface area contributed by atoms with Crippen LogP contribution in [-0.4, -0.2) is 41.9 Å². The molecule has 1 saturated heterocycles. The van der Waals surface area contributed by atoms with E-state index in [4.69, 9.17) is 0 Å². The van der Waals surface area contributed by atoms with E-state index < -0.39 is 4.92 Å². The summed E-state index contributed by atoms with van der Waals surface area (Å²) >= 11 is 0.938. The van der Waals surface area contributed by atoms with Crippen molar-refractivity contribution in [1.82, 2.24) is 4.90 Å². The highest BCUT2D eigenvalue weighted by atomic mass is 32.1. The number of hydrogen-bond donors (Lipinski definition) is 0. The number of anilines is 1. The Morgan fingerprint density at radius 3 is 2.43 bits per heavy atom. The first kappa shape index (κ1) is 15.5. The van der Waals surface area contributed by atoms with Crippen molar-refractivity contribution >= 4 is 27.9 Å². The summed E-state index contributed by atoms with van der Waals surface area (Å²) in [7, 11) is 0. The van der Waals surface area contributed by atoms with Crippen LogP contribution >= 0.6 is 11.3 Å². The third-order valence-corrected chi connectivity index (χ3v) is 5.03. The molecule has 1 aromatic heterocycles. The number of rotatable bonds is 3. The normalized spacial score (nSPS) is 14.8. The first-order valence-corrected chi connectivity index (χ1v) is 8.22. The van der Waals surface area contributed by atoms with Gasteiger partial charge < -0.3 is 9.80 Å². The Kier molecular flexibility index (Phi) is 4.29. The monoisotopic (exact) mass is 331 g/mol. The fourth-order valence-electron chi connectivity index (χ4n) is 2.77. The standard InChI is InChI=1S/C16H17N3O3S/c1-12-4-2-3-5-13(12)17-8-10-18(11-9-17)16(20)14-6-7-15(23-14)19(21)22/h2-7H,8-11H2,1H3. The van der Waals surface area contributed by atoms with Crippen LogP contribution in [0.1, 0.15) is 15.2 Å². The smallest absolute Gasteiger partial charge is 0.324 e.